The fourth-order valence-corrected chi connectivity index (χ4v) is 6.81. The largest absolute Gasteiger partial charge is 0.497 e. The van der Waals surface area contributed by atoms with Gasteiger partial charge in [-0.15, -0.1) is 0 Å². The number of carbonyl (C=O) groups excluding carboxylic acids is 2. The van der Waals surface area contributed by atoms with Crippen LogP contribution in [0.15, 0.2) is 59.0 Å². The van der Waals surface area contributed by atoms with Crippen LogP contribution in [0.5, 0.6) is 5.75 Å². The van der Waals surface area contributed by atoms with Crippen molar-refractivity contribution in [1.82, 2.24) is 0 Å². The molecule has 1 N–H and O–H groups in total. The molecule has 3 aliphatic rings. The van der Waals surface area contributed by atoms with Crippen LogP contribution in [0.2, 0.25) is 5.02 Å². The zero-order valence-electron chi connectivity index (χ0n) is 17.4. The number of sulfonamides is 1. The molecule has 2 amide bonds. The van der Waals surface area contributed by atoms with Crippen LogP contribution in [0.3, 0.4) is 0 Å². The lowest BCUT2D eigenvalue weighted by Crippen LogP contribution is -2.33. The topological polar surface area (TPSA) is 92.8 Å². The maximum atomic E-state index is 13.2. The number of hydrogen-bond acceptors (Lipinski definition) is 5. The van der Waals surface area contributed by atoms with Gasteiger partial charge in [0, 0.05) is 5.69 Å². The van der Waals surface area contributed by atoms with Gasteiger partial charge in [-0.2, -0.15) is 0 Å². The number of nitrogens with zero attached hydrogens (tertiary/aromatic N) is 1. The lowest BCUT2D eigenvalue weighted by atomic mass is 9.82. The van der Waals surface area contributed by atoms with E-state index in [4.69, 9.17) is 16.3 Å². The number of fused-ring (bicyclic) bond motifs is 5. The lowest BCUT2D eigenvalue weighted by molar-refractivity contribution is -0.123. The Morgan fingerprint density at radius 2 is 1.75 bits per heavy atom. The Labute approximate surface area is 191 Å². The summed E-state index contributed by atoms with van der Waals surface area (Å²) >= 11 is 6.21. The van der Waals surface area contributed by atoms with Gasteiger partial charge in [0.2, 0.25) is 11.8 Å². The van der Waals surface area contributed by atoms with Gasteiger partial charge in [-0.1, -0.05) is 23.3 Å². The molecule has 1 aliphatic heterocycles. The minimum absolute atomic E-state index is 0.00775. The molecule has 4 atom stereocenters. The number of allylic oxidation sites excluding steroid dienone is 2. The third-order valence-electron chi connectivity index (χ3n) is 6.69. The second-order valence-electron chi connectivity index (χ2n) is 8.43. The molecule has 0 unspecified atom stereocenters. The molecule has 2 bridgehead atoms. The van der Waals surface area contributed by atoms with Gasteiger partial charge in [-0.05, 0) is 67.6 Å². The Kier molecular flexibility index (Phi) is 4.83. The highest BCUT2D eigenvalue weighted by molar-refractivity contribution is 7.92. The zero-order valence-corrected chi connectivity index (χ0v) is 19.0. The molecule has 7 nitrogen and oxygen atoms in total. The average Bonchev–Trinajstić information content (AvgIpc) is 3.39. The molecule has 0 radical (unpaired) electrons. The SMILES string of the molecule is COc1ccc(NS(=O)(=O)c2cc(N3C(=O)[C@H]4[C@H](C3=O)[C@H]3C=C(C)[C@H]4C3)ccc2Cl)cc1. The van der Waals surface area contributed by atoms with Crippen LogP contribution in [-0.2, 0) is 19.6 Å². The van der Waals surface area contributed by atoms with Crippen molar-refractivity contribution in [2.45, 2.75) is 18.2 Å². The molecule has 1 saturated heterocycles. The van der Waals surface area contributed by atoms with E-state index in [9.17, 15) is 18.0 Å². The van der Waals surface area contributed by atoms with Crippen molar-refractivity contribution in [3.8, 4) is 5.75 Å². The first-order valence-electron chi connectivity index (χ1n) is 10.2. The number of ether oxygens (including phenoxy) is 1. The van der Waals surface area contributed by atoms with Crippen molar-refractivity contribution in [1.29, 1.82) is 0 Å². The van der Waals surface area contributed by atoms with Crippen LogP contribution < -0.4 is 14.4 Å². The van der Waals surface area contributed by atoms with Gasteiger partial charge in [0.1, 0.15) is 10.6 Å². The summed E-state index contributed by atoms with van der Waals surface area (Å²) in [5.41, 5.74) is 1.70. The standard InChI is InChI=1S/C23H21ClN2O5S/c1-12-9-13-10-17(12)21-20(13)22(27)26(23(21)28)15-5-8-18(24)19(11-15)32(29,30)25-14-3-6-16(31-2)7-4-14/h3-9,11,13,17,20-21,25H,10H2,1-2H3/t13-,17+,20+,21+/m0/s1. The summed E-state index contributed by atoms with van der Waals surface area (Å²) < 4.78 is 33.6. The maximum Gasteiger partial charge on any atom is 0.263 e. The number of benzene rings is 2. The number of amides is 2. The number of carbonyl (C=O) groups is 2. The van der Waals surface area contributed by atoms with Crippen LogP contribution in [0.25, 0.3) is 0 Å². The fourth-order valence-electron chi connectivity index (χ4n) is 5.24. The minimum Gasteiger partial charge on any atom is -0.497 e. The second-order valence-corrected chi connectivity index (χ2v) is 10.5. The predicted octanol–water partition coefficient (Wildman–Crippen LogP) is 3.85. The molecule has 2 aromatic rings. The number of imide groups is 1. The quantitative estimate of drug-likeness (QED) is 0.527. The van der Waals surface area contributed by atoms with E-state index in [1.807, 2.05) is 6.92 Å². The van der Waals surface area contributed by atoms with E-state index in [0.717, 1.165) is 16.9 Å². The highest BCUT2D eigenvalue weighted by Gasteiger charge is 2.61. The normalized spacial score (nSPS) is 26.3. The molecule has 0 aromatic heterocycles. The van der Waals surface area contributed by atoms with Crippen LogP contribution in [0.4, 0.5) is 11.4 Å². The summed E-state index contributed by atoms with van der Waals surface area (Å²) in [7, 11) is -2.55. The van der Waals surface area contributed by atoms with Crippen molar-refractivity contribution in [2.24, 2.45) is 23.7 Å². The first-order chi connectivity index (χ1) is 15.2. The summed E-state index contributed by atoms with van der Waals surface area (Å²) in [6.45, 7) is 2.00. The van der Waals surface area contributed by atoms with Crippen LogP contribution in [0, 0.1) is 23.7 Å². The summed E-state index contributed by atoms with van der Waals surface area (Å²) in [5.74, 6) is -0.547. The van der Waals surface area contributed by atoms with E-state index in [1.54, 1.807) is 24.3 Å². The molecular weight excluding hydrogens is 452 g/mol. The molecule has 2 fully saturated rings. The summed E-state index contributed by atoms with van der Waals surface area (Å²) in [5, 5.41) is -0.00775. The number of hydrogen-bond donors (Lipinski definition) is 1. The summed E-state index contributed by atoms with van der Waals surface area (Å²) in [6.07, 6.45) is 2.93. The lowest BCUT2D eigenvalue weighted by Gasteiger charge is -2.19. The van der Waals surface area contributed by atoms with E-state index in [0.29, 0.717) is 11.4 Å². The minimum atomic E-state index is -4.07. The first kappa shape index (κ1) is 21.0. The number of rotatable bonds is 5. The number of methoxy groups -OCH3 is 1. The molecule has 9 heteroatoms. The van der Waals surface area contributed by atoms with Gasteiger partial charge in [0.15, 0.2) is 0 Å². The van der Waals surface area contributed by atoms with E-state index in [-0.39, 0.29) is 51.1 Å². The van der Waals surface area contributed by atoms with E-state index in [1.165, 1.54) is 25.3 Å². The number of halogens is 1. The van der Waals surface area contributed by atoms with Gasteiger partial charge in [0.25, 0.3) is 10.0 Å². The Bertz CT molecular complexity index is 1270. The average molecular weight is 473 g/mol. The monoisotopic (exact) mass is 472 g/mol. The van der Waals surface area contributed by atoms with Gasteiger partial charge < -0.3 is 4.74 Å². The molecule has 2 aliphatic carbocycles. The molecule has 1 saturated carbocycles. The highest BCUT2D eigenvalue weighted by atomic mass is 35.5. The molecule has 32 heavy (non-hydrogen) atoms. The van der Waals surface area contributed by atoms with E-state index < -0.39 is 10.0 Å². The molecule has 166 valence electrons. The second kappa shape index (κ2) is 7.35. The summed E-state index contributed by atoms with van der Waals surface area (Å²) in [4.78, 5) is 27.3. The highest BCUT2D eigenvalue weighted by Crippen LogP contribution is 2.56. The van der Waals surface area contributed by atoms with E-state index >= 15 is 0 Å². The van der Waals surface area contributed by atoms with Gasteiger partial charge in [-0.25, -0.2) is 13.3 Å². The molecule has 1 heterocycles. The third kappa shape index (κ3) is 3.12. The van der Waals surface area contributed by atoms with Gasteiger partial charge in [0.05, 0.1) is 29.7 Å². The van der Waals surface area contributed by atoms with Crippen molar-refractivity contribution in [2.75, 3.05) is 16.7 Å². The van der Waals surface area contributed by atoms with Crippen molar-refractivity contribution >= 4 is 44.8 Å². The van der Waals surface area contributed by atoms with Crippen LogP contribution in [-0.4, -0.2) is 27.3 Å². The fraction of sp³-hybridized carbons (Fsp3) is 0.304. The number of anilines is 2. The van der Waals surface area contributed by atoms with Crippen LogP contribution >= 0.6 is 11.6 Å². The molecular formula is C23H21ClN2O5S. The predicted molar refractivity (Wildman–Crippen MR) is 120 cm³/mol. The smallest absolute Gasteiger partial charge is 0.263 e. The Morgan fingerprint density at radius 3 is 2.44 bits per heavy atom. The van der Waals surface area contributed by atoms with Crippen LogP contribution in [0.1, 0.15) is 13.3 Å². The Hall–Kier alpha value is -2.84. The van der Waals surface area contributed by atoms with Gasteiger partial charge >= 0.3 is 0 Å². The van der Waals surface area contributed by atoms with Crippen molar-refractivity contribution < 1.29 is 22.7 Å². The molecule has 5 rings (SSSR count). The number of nitrogens with one attached hydrogen (secondary N) is 1. The summed E-state index contributed by atoms with van der Waals surface area (Å²) in [6, 6.07) is 10.6. The maximum absolute atomic E-state index is 13.2. The van der Waals surface area contributed by atoms with E-state index in [2.05, 4.69) is 10.8 Å². The first-order valence-corrected chi connectivity index (χ1v) is 12.1. The Balaban J connectivity index is 1.47. The third-order valence-corrected chi connectivity index (χ3v) is 8.55. The molecule has 2 aromatic carbocycles. The van der Waals surface area contributed by atoms with Gasteiger partial charge in [-0.3, -0.25) is 14.3 Å². The van der Waals surface area contributed by atoms with Crippen molar-refractivity contribution in [3.63, 3.8) is 0 Å². The van der Waals surface area contributed by atoms with Crippen molar-refractivity contribution in [3.05, 3.63) is 59.1 Å². The zero-order chi connectivity index (χ0) is 22.8. The Morgan fingerprint density at radius 1 is 1.06 bits per heavy atom. The molecule has 0 spiro atoms.